The molecular weight excluding hydrogens is 260 g/mol. The van der Waals surface area contributed by atoms with E-state index in [1.54, 1.807) is 23.3 Å². The Labute approximate surface area is 113 Å². The van der Waals surface area contributed by atoms with Gasteiger partial charge in [0.1, 0.15) is 11.1 Å². The maximum atomic E-state index is 9.05. The van der Waals surface area contributed by atoms with Crippen LogP contribution >= 0.6 is 11.8 Å². The van der Waals surface area contributed by atoms with Crippen molar-refractivity contribution in [3.63, 3.8) is 0 Å². The molecule has 0 N–H and O–H groups in total. The van der Waals surface area contributed by atoms with Gasteiger partial charge in [-0.1, -0.05) is 0 Å². The molecule has 19 heavy (non-hydrogen) atoms. The lowest BCUT2D eigenvalue weighted by atomic mass is 10.3. The summed E-state index contributed by atoms with van der Waals surface area (Å²) in [6.45, 7) is 0. The van der Waals surface area contributed by atoms with Crippen molar-refractivity contribution in [1.29, 1.82) is 5.26 Å². The molecule has 0 radical (unpaired) electrons. The summed E-state index contributed by atoms with van der Waals surface area (Å²) in [5.74, 6) is 0. The number of hydrogen-bond acceptors (Lipinski definition) is 5. The van der Waals surface area contributed by atoms with Crippen LogP contribution in [-0.2, 0) is 7.05 Å². The second kappa shape index (κ2) is 4.40. The minimum absolute atomic E-state index is 0.375. The third-order valence-electron chi connectivity index (χ3n) is 2.77. The second-order valence-electron chi connectivity index (χ2n) is 3.99. The summed E-state index contributed by atoms with van der Waals surface area (Å²) in [5.41, 5.74) is 2.99. The number of rotatable bonds is 2. The van der Waals surface area contributed by atoms with Crippen LogP contribution in [0.3, 0.4) is 0 Å². The van der Waals surface area contributed by atoms with Crippen molar-refractivity contribution >= 4 is 17.4 Å². The molecule has 3 rings (SSSR count). The summed E-state index contributed by atoms with van der Waals surface area (Å²) >= 11 is 1.48. The van der Waals surface area contributed by atoms with E-state index in [2.05, 4.69) is 21.1 Å². The lowest BCUT2D eigenvalue weighted by Gasteiger charge is -2.02. The largest absolute Gasteiger partial charge is 0.294 e. The van der Waals surface area contributed by atoms with Crippen LogP contribution in [-0.4, -0.2) is 30.4 Å². The zero-order valence-corrected chi connectivity index (χ0v) is 11.2. The highest BCUT2D eigenvalue weighted by Crippen LogP contribution is 2.25. The molecule has 0 atom stereocenters. The molecule has 0 aliphatic heterocycles. The molecule has 0 saturated heterocycles. The van der Waals surface area contributed by atoms with Crippen LogP contribution in [0.4, 0.5) is 0 Å². The van der Waals surface area contributed by atoms with Crippen molar-refractivity contribution in [2.24, 2.45) is 7.05 Å². The summed E-state index contributed by atoms with van der Waals surface area (Å²) < 4.78 is 3.62. The Morgan fingerprint density at radius 1 is 1.32 bits per heavy atom. The van der Waals surface area contributed by atoms with E-state index in [0.29, 0.717) is 5.69 Å². The highest BCUT2D eigenvalue weighted by molar-refractivity contribution is 7.98. The highest BCUT2D eigenvalue weighted by Gasteiger charge is 2.13. The van der Waals surface area contributed by atoms with Gasteiger partial charge in [0.05, 0.1) is 18.1 Å². The molecule has 3 heterocycles. The fourth-order valence-electron chi connectivity index (χ4n) is 1.92. The first-order valence-electron chi connectivity index (χ1n) is 5.54. The van der Waals surface area contributed by atoms with Crippen LogP contribution in [0, 0.1) is 11.3 Å². The summed E-state index contributed by atoms with van der Waals surface area (Å²) in [4.78, 5) is 8.63. The molecule has 3 aromatic heterocycles. The molecule has 0 bridgehead atoms. The predicted molar refractivity (Wildman–Crippen MR) is 71.7 cm³/mol. The van der Waals surface area contributed by atoms with Gasteiger partial charge < -0.3 is 0 Å². The predicted octanol–water partition coefficient (Wildman–Crippen LogP) is 1.72. The summed E-state index contributed by atoms with van der Waals surface area (Å²) in [6.07, 6.45) is 9.07. The number of aromatic nitrogens is 5. The molecule has 3 aromatic rings. The topological polar surface area (TPSA) is 71.8 Å². The van der Waals surface area contributed by atoms with Crippen LogP contribution in [0.15, 0.2) is 29.8 Å². The van der Waals surface area contributed by atoms with E-state index in [1.165, 1.54) is 11.8 Å². The number of aryl methyl sites for hydroxylation is 1. The third kappa shape index (κ3) is 1.86. The van der Waals surface area contributed by atoms with Crippen molar-refractivity contribution in [2.45, 2.75) is 5.03 Å². The molecule has 94 valence electrons. The highest BCUT2D eigenvalue weighted by atomic mass is 32.2. The van der Waals surface area contributed by atoms with Gasteiger partial charge in [-0.2, -0.15) is 10.4 Å². The number of fused-ring (bicyclic) bond motifs is 1. The summed E-state index contributed by atoms with van der Waals surface area (Å²) in [5, 5.41) is 13.9. The van der Waals surface area contributed by atoms with Gasteiger partial charge in [0, 0.05) is 25.0 Å². The quantitative estimate of drug-likeness (QED) is 0.663. The normalized spacial score (nSPS) is 10.8. The monoisotopic (exact) mass is 270 g/mol. The van der Waals surface area contributed by atoms with Gasteiger partial charge in [-0.05, 0) is 6.26 Å². The van der Waals surface area contributed by atoms with E-state index < -0.39 is 0 Å². The van der Waals surface area contributed by atoms with Gasteiger partial charge in [0.25, 0.3) is 0 Å². The van der Waals surface area contributed by atoms with E-state index in [-0.39, 0.29) is 0 Å². The van der Waals surface area contributed by atoms with Gasteiger partial charge in [0.15, 0.2) is 11.3 Å². The zero-order chi connectivity index (χ0) is 13.4. The van der Waals surface area contributed by atoms with Crippen LogP contribution in [0.2, 0.25) is 0 Å². The fraction of sp³-hybridized carbons (Fsp3) is 0.167. The van der Waals surface area contributed by atoms with Crippen molar-refractivity contribution in [3.05, 3.63) is 30.5 Å². The first-order chi connectivity index (χ1) is 9.22. The van der Waals surface area contributed by atoms with E-state index in [1.807, 2.05) is 23.9 Å². The van der Waals surface area contributed by atoms with Crippen LogP contribution in [0.25, 0.3) is 16.9 Å². The van der Waals surface area contributed by atoms with E-state index >= 15 is 0 Å². The van der Waals surface area contributed by atoms with Crippen molar-refractivity contribution in [3.8, 4) is 17.3 Å². The zero-order valence-electron chi connectivity index (χ0n) is 10.4. The minimum atomic E-state index is 0.375. The van der Waals surface area contributed by atoms with Crippen LogP contribution < -0.4 is 0 Å². The summed E-state index contributed by atoms with van der Waals surface area (Å²) in [7, 11) is 1.86. The number of imidazole rings is 1. The van der Waals surface area contributed by atoms with Gasteiger partial charge in [-0.15, -0.1) is 11.8 Å². The SMILES string of the molecule is CSc1nc(C#N)cn2c(-c3cnn(C)c3)cnc12. The Kier molecular flexibility index (Phi) is 2.72. The van der Waals surface area contributed by atoms with Gasteiger partial charge in [-0.25, -0.2) is 9.97 Å². The molecule has 7 heteroatoms. The second-order valence-corrected chi connectivity index (χ2v) is 4.78. The Morgan fingerprint density at radius 3 is 2.79 bits per heavy atom. The number of nitrogens with zero attached hydrogens (tertiary/aromatic N) is 6. The Morgan fingerprint density at radius 2 is 2.16 bits per heavy atom. The Bertz CT molecular complexity index is 794. The first-order valence-corrected chi connectivity index (χ1v) is 6.76. The van der Waals surface area contributed by atoms with E-state index in [9.17, 15) is 0 Å². The van der Waals surface area contributed by atoms with Crippen LogP contribution in [0.5, 0.6) is 0 Å². The number of nitriles is 1. The molecule has 0 aliphatic rings. The smallest absolute Gasteiger partial charge is 0.170 e. The molecule has 0 amide bonds. The molecule has 0 fully saturated rings. The van der Waals surface area contributed by atoms with Gasteiger partial charge in [-0.3, -0.25) is 9.08 Å². The van der Waals surface area contributed by atoms with Crippen LogP contribution in [0.1, 0.15) is 5.69 Å². The van der Waals surface area contributed by atoms with Crippen molar-refractivity contribution < 1.29 is 0 Å². The minimum Gasteiger partial charge on any atom is -0.294 e. The van der Waals surface area contributed by atoms with Crippen molar-refractivity contribution in [1.82, 2.24) is 24.1 Å². The molecule has 6 nitrogen and oxygen atoms in total. The number of hydrogen-bond donors (Lipinski definition) is 0. The summed E-state index contributed by atoms with van der Waals surface area (Å²) in [6, 6.07) is 2.07. The molecule has 0 saturated carbocycles. The Hall–Kier alpha value is -2.33. The first kappa shape index (κ1) is 11.7. The third-order valence-corrected chi connectivity index (χ3v) is 3.43. The average molecular weight is 270 g/mol. The molecule has 0 aliphatic carbocycles. The maximum Gasteiger partial charge on any atom is 0.170 e. The van der Waals surface area contributed by atoms with Gasteiger partial charge in [0.2, 0.25) is 0 Å². The average Bonchev–Trinajstić information content (AvgIpc) is 3.03. The number of thioether (sulfide) groups is 1. The van der Waals surface area contributed by atoms with E-state index in [0.717, 1.165) is 21.9 Å². The molecular formula is C12H10N6S. The van der Waals surface area contributed by atoms with Crippen molar-refractivity contribution in [2.75, 3.05) is 6.26 Å². The maximum absolute atomic E-state index is 9.05. The standard InChI is InChI=1S/C12H10N6S/c1-17-6-8(4-15-17)10-5-14-11-12(19-2)16-9(3-13)7-18(10)11/h4-7H,1-2H3. The molecule has 0 aromatic carbocycles. The van der Waals surface area contributed by atoms with Gasteiger partial charge >= 0.3 is 0 Å². The lowest BCUT2D eigenvalue weighted by molar-refractivity contribution is 0.768. The molecule has 0 unspecified atom stereocenters. The lowest BCUT2D eigenvalue weighted by Crippen LogP contribution is -1.96. The molecule has 0 spiro atoms. The fourth-order valence-corrected chi connectivity index (χ4v) is 2.44. The Balaban J connectivity index is 2.30. The van der Waals surface area contributed by atoms with E-state index in [4.69, 9.17) is 5.26 Å².